The molecular weight excluding hydrogens is 216 g/mol. The molecule has 0 spiro atoms. The molecule has 0 radical (unpaired) electrons. The second kappa shape index (κ2) is 5.31. The van der Waals surface area contributed by atoms with Crippen LogP contribution in [0.25, 0.3) is 0 Å². The van der Waals surface area contributed by atoms with Crippen LogP contribution in [0, 0.1) is 6.92 Å². The van der Waals surface area contributed by atoms with Crippen molar-refractivity contribution in [2.75, 3.05) is 30.4 Å². The molecule has 1 aromatic heterocycles. The summed E-state index contributed by atoms with van der Waals surface area (Å²) in [7, 11) is 1.92. The first-order valence-corrected chi connectivity index (χ1v) is 5.85. The molecule has 0 saturated carbocycles. The van der Waals surface area contributed by atoms with Gasteiger partial charge < -0.3 is 15.3 Å². The molecular formula is C12H22N4O. The van der Waals surface area contributed by atoms with Gasteiger partial charge in [-0.15, -0.1) is 0 Å². The third kappa shape index (κ3) is 3.30. The lowest BCUT2D eigenvalue weighted by atomic mass is 10.1. The Bertz CT molecular complexity index is 379. The number of aliphatic hydroxyl groups is 1. The van der Waals surface area contributed by atoms with E-state index in [1.807, 2.05) is 45.7 Å². The minimum Gasteiger partial charge on any atom is -0.394 e. The van der Waals surface area contributed by atoms with Crippen molar-refractivity contribution < 1.29 is 5.11 Å². The summed E-state index contributed by atoms with van der Waals surface area (Å²) in [5.74, 6) is 1.44. The van der Waals surface area contributed by atoms with Gasteiger partial charge in [0.1, 0.15) is 5.82 Å². The van der Waals surface area contributed by atoms with Crippen LogP contribution in [0.5, 0.6) is 0 Å². The Kier molecular flexibility index (Phi) is 4.28. The molecule has 5 nitrogen and oxygen atoms in total. The number of aryl methyl sites for hydroxylation is 1. The first kappa shape index (κ1) is 13.7. The van der Waals surface area contributed by atoms with E-state index in [2.05, 4.69) is 15.3 Å². The summed E-state index contributed by atoms with van der Waals surface area (Å²) in [6, 6.07) is 1.91. The van der Waals surface area contributed by atoms with Crippen LogP contribution in [0.3, 0.4) is 0 Å². The fourth-order valence-corrected chi connectivity index (χ4v) is 1.38. The Morgan fingerprint density at radius 3 is 2.59 bits per heavy atom. The Balaban J connectivity index is 3.05. The third-order valence-electron chi connectivity index (χ3n) is 2.81. The van der Waals surface area contributed by atoms with Gasteiger partial charge in [0.05, 0.1) is 12.1 Å². The number of nitrogens with one attached hydrogen (secondary N) is 1. The highest BCUT2D eigenvalue weighted by atomic mass is 16.3. The van der Waals surface area contributed by atoms with Crippen LogP contribution >= 0.6 is 0 Å². The molecule has 0 amide bonds. The molecule has 5 heteroatoms. The largest absolute Gasteiger partial charge is 0.394 e. The zero-order chi connectivity index (χ0) is 13.1. The van der Waals surface area contributed by atoms with E-state index in [0.717, 1.165) is 18.1 Å². The zero-order valence-electron chi connectivity index (χ0n) is 11.3. The monoisotopic (exact) mass is 238 g/mol. The molecule has 2 N–H and O–H groups in total. The Morgan fingerprint density at radius 2 is 2.06 bits per heavy atom. The number of hydrogen-bond acceptors (Lipinski definition) is 5. The quantitative estimate of drug-likeness (QED) is 0.812. The van der Waals surface area contributed by atoms with Crippen molar-refractivity contribution >= 4 is 11.8 Å². The number of aromatic nitrogens is 2. The van der Waals surface area contributed by atoms with Crippen molar-refractivity contribution in [1.82, 2.24) is 9.97 Å². The van der Waals surface area contributed by atoms with Crippen LogP contribution in [0.1, 0.15) is 26.5 Å². The van der Waals surface area contributed by atoms with Gasteiger partial charge in [0.15, 0.2) is 0 Å². The molecule has 1 rings (SSSR count). The molecule has 0 aromatic carbocycles. The lowest BCUT2D eigenvalue weighted by Crippen LogP contribution is -2.45. The lowest BCUT2D eigenvalue weighted by molar-refractivity contribution is 0.215. The van der Waals surface area contributed by atoms with Crippen molar-refractivity contribution in [2.24, 2.45) is 0 Å². The van der Waals surface area contributed by atoms with Crippen molar-refractivity contribution in [2.45, 2.75) is 33.2 Å². The van der Waals surface area contributed by atoms with Gasteiger partial charge in [-0.25, -0.2) is 4.98 Å². The average molecular weight is 238 g/mol. The van der Waals surface area contributed by atoms with Crippen molar-refractivity contribution in [1.29, 1.82) is 0 Å². The molecule has 0 bridgehead atoms. The maximum atomic E-state index is 9.37. The fraction of sp³-hybridized carbons (Fsp3) is 0.667. The van der Waals surface area contributed by atoms with Gasteiger partial charge in [-0.2, -0.15) is 4.98 Å². The van der Waals surface area contributed by atoms with Gasteiger partial charge in [0.25, 0.3) is 0 Å². The molecule has 0 aliphatic carbocycles. The molecule has 1 aromatic rings. The molecule has 0 atom stereocenters. The molecule has 0 fully saturated rings. The van der Waals surface area contributed by atoms with Gasteiger partial charge in [0.2, 0.25) is 5.95 Å². The second-order valence-electron chi connectivity index (χ2n) is 4.75. The summed E-state index contributed by atoms with van der Waals surface area (Å²) in [6.45, 7) is 8.74. The van der Waals surface area contributed by atoms with E-state index in [1.54, 1.807) is 0 Å². The van der Waals surface area contributed by atoms with Gasteiger partial charge >= 0.3 is 0 Å². The maximum absolute atomic E-state index is 9.37. The number of hydrogen-bond donors (Lipinski definition) is 2. The highest BCUT2D eigenvalue weighted by Gasteiger charge is 2.24. The highest BCUT2D eigenvalue weighted by molar-refractivity contribution is 5.46. The van der Waals surface area contributed by atoms with E-state index in [1.165, 1.54) is 0 Å². The van der Waals surface area contributed by atoms with Gasteiger partial charge in [-0.1, -0.05) is 0 Å². The number of anilines is 2. The Morgan fingerprint density at radius 1 is 1.41 bits per heavy atom. The summed E-state index contributed by atoms with van der Waals surface area (Å²) in [6.07, 6.45) is 0. The number of nitrogens with zero attached hydrogens (tertiary/aromatic N) is 3. The topological polar surface area (TPSA) is 61.3 Å². The highest BCUT2D eigenvalue weighted by Crippen LogP contribution is 2.21. The fourth-order valence-electron chi connectivity index (χ4n) is 1.38. The van der Waals surface area contributed by atoms with E-state index in [-0.39, 0.29) is 12.1 Å². The van der Waals surface area contributed by atoms with Gasteiger partial charge in [0, 0.05) is 25.4 Å². The van der Waals surface area contributed by atoms with E-state index < -0.39 is 0 Å². The molecule has 17 heavy (non-hydrogen) atoms. The summed E-state index contributed by atoms with van der Waals surface area (Å²) >= 11 is 0. The van der Waals surface area contributed by atoms with Crippen LogP contribution in [0.2, 0.25) is 0 Å². The molecule has 96 valence electrons. The van der Waals surface area contributed by atoms with E-state index in [0.29, 0.717) is 5.95 Å². The molecule has 1 heterocycles. The number of rotatable bonds is 5. The standard InChI is InChI=1S/C12H22N4O/c1-6-13-11-14-9(2)7-10(15-11)16(5)12(3,4)8-17/h7,17H,6,8H2,1-5H3,(H,13,14,15). The predicted octanol–water partition coefficient (Wildman–Crippen LogP) is 1.42. The normalized spacial score (nSPS) is 11.4. The second-order valence-corrected chi connectivity index (χ2v) is 4.75. The Hall–Kier alpha value is -1.36. The molecule has 0 unspecified atom stereocenters. The lowest BCUT2D eigenvalue weighted by Gasteiger charge is -2.35. The molecule has 0 aliphatic heterocycles. The first-order valence-electron chi connectivity index (χ1n) is 5.85. The van der Waals surface area contributed by atoms with Crippen LogP contribution in [-0.2, 0) is 0 Å². The van der Waals surface area contributed by atoms with Crippen molar-refractivity contribution in [3.8, 4) is 0 Å². The summed E-state index contributed by atoms with van der Waals surface area (Å²) in [4.78, 5) is 10.7. The third-order valence-corrected chi connectivity index (χ3v) is 2.81. The minimum atomic E-state index is -0.343. The van der Waals surface area contributed by atoms with Crippen LogP contribution < -0.4 is 10.2 Å². The average Bonchev–Trinajstić information content (AvgIpc) is 2.27. The predicted molar refractivity (Wildman–Crippen MR) is 70.5 cm³/mol. The molecule has 0 saturated heterocycles. The van der Waals surface area contributed by atoms with Crippen LogP contribution in [0.15, 0.2) is 6.07 Å². The minimum absolute atomic E-state index is 0.0725. The smallest absolute Gasteiger partial charge is 0.224 e. The van der Waals surface area contributed by atoms with Gasteiger partial charge in [-0.3, -0.25) is 0 Å². The molecule has 0 aliphatic rings. The Labute approximate surface area is 103 Å². The maximum Gasteiger partial charge on any atom is 0.224 e. The SMILES string of the molecule is CCNc1nc(C)cc(N(C)C(C)(C)CO)n1. The summed E-state index contributed by atoms with van der Waals surface area (Å²) in [5.41, 5.74) is 0.566. The van der Waals surface area contributed by atoms with Crippen molar-refractivity contribution in [3.05, 3.63) is 11.8 Å². The summed E-state index contributed by atoms with van der Waals surface area (Å²) < 4.78 is 0. The summed E-state index contributed by atoms with van der Waals surface area (Å²) in [5, 5.41) is 12.5. The van der Waals surface area contributed by atoms with Crippen molar-refractivity contribution in [3.63, 3.8) is 0 Å². The van der Waals surface area contributed by atoms with Crippen LogP contribution in [0.4, 0.5) is 11.8 Å². The van der Waals surface area contributed by atoms with E-state index in [4.69, 9.17) is 0 Å². The van der Waals surface area contributed by atoms with Crippen LogP contribution in [-0.4, -0.2) is 40.8 Å². The van der Waals surface area contributed by atoms with Gasteiger partial charge in [-0.05, 0) is 27.7 Å². The number of likely N-dealkylation sites (N-methyl/N-ethyl adjacent to an activating group) is 1. The number of aliphatic hydroxyl groups excluding tert-OH is 1. The first-order chi connectivity index (χ1) is 7.90. The van der Waals surface area contributed by atoms with E-state index in [9.17, 15) is 5.11 Å². The zero-order valence-corrected chi connectivity index (χ0v) is 11.3. The van der Waals surface area contributed by atoms with E-state index >= 15 is 0 Å².